The number of amides is 1. The molecule has 2 aromatic rings. The van der Waals surface area contributed by atoms with E-state index in [9.17, 15) is 4.79 Å². The molecular formula is C17H19ClN2O. The Labute approximate surface area is 130 Å². The second kappa shape index (κ2) is 6.64. The van der Waals surface area contributed by atoms with Gasteiger partial charge < -0.3 is 10.6 Å². The van der Waals surface area contributed by atoms with Crippen molar-refractivity contribution in [3.8, 4) is 0 Å². The lowest BCUT2D eigenvalue weighted by Crippen LogP contribution is -2.09. The van der Waals surface area contributed by atoms with Gasteiger partial charge in [0.05, 0.1) is 10.7 Å². The predicted molar refractivity (Wildman–Crippen MR) is 89.6 cm³/mol. The Bertz CT molecular complexity index is 627. The zero-order valence-corrected chi connectivity index (χ0v) is 13.2. The molecule has 0 unspecified atom stereocenters. The molecule has 3 nitrogen and oxygen atoms in total. The molecule has 0 saturated carbocycles. The minimum Gasteiger partial charge on any atom is -0.354 e. The van der Waals surface area contributed by atoms with Crippen molar-refractivity contribution in [1.82, 2.24) is 0 Å². The quantitative estimate of drug-likeness (QED) is 0.830. The molecule has 0 fully saturated rings. The first-order chi connectivity index (χ1) is 9.99. The van der Waals surface area contributed by atoms with Gasteiger partial charge in [0.25, 0.3) is 0 Å². The topological polar surface area (TPSA) is 41.1 Å². The Hall–Kier alpha value is -2.00. The highest BCUT2D eigenvalue weighted by Gasteiger charge is 2.06. The van der Waals surface area contributed by atoms with E-state index in [0.29, 0.717) is 11.4 Å². The molecule has 0 aliphatic rings. The second-order valence-corrected chi connectivity index (χ2v) is 5.45. The molecule has 0 saturated heterocycles. The van der Waals surface area contributed by atoms with Crippen LogP contribution >= 0.6 is 11.6 Å². The van der Waals surface area contributed by atoms with E-state index in [-0.39, 0.29) is 5.91 Å². The molecule has 2 N–H and O–H groups in total. The van der Waals surface area contributed by atoms with Crippen LogP contribution in [0.4, 0.5) is 17.1 Å². The van der Waals surface area contributed by atoms with E-state index in [1.165, 1.54) is 0 Å². The Morgan fingerprint density at radius 2 is 1.71 bits per heavy atom. The standard InChI is InChI=1S/C17H19ClN2O/c1-4-16(21)19-13-5-7-14(8-6-13)20-17-12(3)9-11(2)10-15(17)18/h5-10,20H,4H2,1-3H3,(H,19,21). The van der Waals surface area contributed by atoms with Gasteiger partial charge in [-0.2, -0.15) is 0 Å². The highest BCUT2D eigenvalue weighted by Crippen LogP contribution is 2.30. The summed E-state index contributed by atoms with van der Waals surface area (Å²) in [5.41, 5.74) is 4.87. The average Bonchev–Trinajstić information content (AvgIpc) is 2.44. The largest absolute Gasteiger partial charge is 0.354 e. The zero-order valence-electron chi connectivity index (χ0n) is 12.5. The van der Waals surface area contributed by atoms with Crippen LogP contribution in [-0.2, 0) is 4.79 Å². The molecule has 0 heterocycles. The van der Waals surface area contributed by atoms with Crippen LogP contribution in [-0.4, -0.2) is 5.91 Å². The van der Waals surface area contributed by atoms with Crippen molar-refractivity contribution in [2.24, 2.45) is 0 Å². The summed E-state index contributed by atoms with van der Waals surface area (Å²) in [7, 11) is 0. The summed E-state index contributed by atoms with van der Waals surface area (Å²) in [5.74, 6) is 0.00753. The molecule has 110 valence electrons. The van der Waals surface area contributed by atoms with Gasteiger partial charge in [0.2, 0.25) is 5.91 Å². The maximum absolute atomic E-state index is 11.3. The Morgan fingerprint density at radius 3 is 2.29 bits per heavy atom. The molecule has 0 atom stereocenters. The van der Waals surface area contributed by atoms with Gasteiger partial charge in [-0.15, -0.1) is 0 Å². The number of rotatable bonds is 4. The zero-order chi connectivity index (χ0) is 15.4. The monoisotopic (exact) mass is 302 g/mol. The smallest absolute Gasteiger partial charge is 0.224 e. The first-order valence-electron chi connectivity index (χ1n) is 6.93. The summed E-state index contributed by atoms with van der Waals surface area (Å²) >= 11 is 6.28. The minimum atomic E-state index is 0.00753. The van der Waals surface area contributed by atoms with E-state index in [4.69, 9.17) is 11.6 Å². The summed E-state index contributed by atoms with van der Waals surface area (Å²) < 4.78 is 0. The molecule has 2 rings (SSSR count). The SMILES string of the molecule is CCC(=O)Nc1ccc(Nc2c(C)cc(C)cc2Cl)cc1. The van der Waals surface area contributed by atoms with E-state index in [2.05, 4.69) is 16.7 Å². The first kappa shape index (κ1) is 15.4. The van der Waals surface area contributed by atoms with Crippen molar-refractivity contribution in [2.45, 2.75) is 27.2 Å². The van der Waals surface area contributed by atoms with Crippen molar-refractivity contribution in [3.63, 3.8) is 0 Å². The molecule has 0 aliphatic heterocycles. The Kier molecular flexibility index (Phi) is 4.86. The molecule has 0 bridgehead atoms. The van der Waals surface area contributed by atoms with Crippen LogP contribution in [0.15, 0.2) is 36.4 Å². The number of hydrogen-bond acceptors (Lipinski definition) is 2. The summed E-state index contributed by atoms with van der Waals surface area (Å²) in [4.78, 5) is 11.3. The molecule has 21 heavy (non-hydrogen) atoms. The maximum atomic E-state index is 11.3. The molecule has 0 spiro atoms. The fourth-order valence-corrected chi connectivity index (χ4v) is 2.47. The summed E-state index contributed by atoms with van der Waals surface area (Å²) in [6.45, 7) is 5.87. The summed E-state index contributed by atoms with van der Waals surface area (Å²) in [6.07, 6.45) is 0.470. The van der Waals surface area contributed by atoms with E-state index in [1.54, 1.807) is 0 Å². The molecular weight excluding hydrogens is 284 g/mol. The normalized spacial score (nSPS) is 10.3. The van der Waals surface area contributed by atoms with Crippen LogP contribution in [0.1, 0.15) is 24.5 Å². The third-order valence-corrected chi connectivity index (χ3v) is 3.49. The summed E-state index contributed by atoms with van der Waals surface area (Å²) in [6, 6.07) is 11.6. The average molecular weight is 303 g/mol. The lowest BCUT2D eigenvalue weighted by atomic mass is 10.1. The summed E-state index contributed by atoms with van der Waals surface area (Å²) in [5, 5.41) is 6.84. The van der Waals surface area contributed by atoms with Crippen molar-refractivity contribution >= 4 is 34.6 Å². The fraction of sp³-hybridized carbons (Fsp3) is 0.235. The number of aryl methyl sites for hydroxylation is 2. The van der Waals surface area contributed by atoms with Gasteiger partial charge in [0.15, 0.2) is 0 Å². The molecule has 2 aromatic carbocycles. The van der Waals surface area contributed by atoms with Crippen LogP contribution in [0, 0.1) is 13.8 Å². The molecule has 0 radical (unpaired) electrons. The van der Waals surface area contributed by atoms with Gasteiger partial charge >= 0.3 is 0 Å². The van der Waals surface area contributed by atoms with Crippen LogP contribution in [0.5, 0.6) is 0 Å². The number of nitrogens with one attached hydrogen (secondary N) is 2. The van der Waals surface area contributed by atoms with E-state index >= 15 is 0 Å². The van der Waals surface area contributed by atoms with Crippen LogP contribution in [0.3, 0.4) is 0 Å². The highest BCUT2D eigenvalue weighted by molar-refractivity contribution is 6.33. The van der Waals surface area contributed by atoms with Gasteiger partial charge in [-0.25, -0.2) is 0 Å². The Balaban J connectivity index is 2.16. The third-order valence-electron chi connectivity index (χ3n) is 3.19. The Morgan fingerprint density at radius 1 is 1.10 bits per heavy atom. The van der Waals surface area contributed by atoms with Crippen molar-refractivity contribution in [2.75, 3.05) is 10.6 Å². The number of benzene rings is 2. The molecule has 0 aliphatic carbocycles. The van der Waals surface area contributed by atoms with Gasteiger partial charge in [0.1, 0.15) is 0 Å². The van der Waals surface area contributed by atoms with Gasteiger partial charge in [-0.3, -0.25) is 4.79 Å². The van der Waals surface area contributed by atoms with Crippen molar-refractivity contribution in [1.29, 1.82) is 0 Å². The fourth-order valence-electron chi connectivity index (χ4n) is 2.10. The van der Waals surface area contributed by atoms with E-state index in [1.807, 2.05) is 51.1 Å². The minimum absolute atomic E-state index is 0.00753. The number of carbonyl (C=O) groups excluding carboxylic acids is 1. The lowest BCUT2D eigenvalue weighted by molar-refractivity contribution is -0.115. The lowest BCUT2D eigenvalue weighted by Gasteiger charge is -2.13. The second-order valence-electron chi connectivity index (χ2n) is 5.04. The number of anilines is 3. The van der Waals surface area contributed by atoms with E-state index in [0.717, 1.165) is 28.2 Å². The highest BCUT2D eigenvalue weighted by atomic mass is 35.5. The first-order valence-corrected chi connectivity index (χ1v) is 7.31. The van der Waals surface area contributed by atoms with Gasteiger partial charge in [-0.05, 0) is 55.3 Å². The third kappa shape index (κ3) is 3.99. The van der Waals surface area contributed by atoms with Gasteiger partial charge in [-0.1, -0.05) is 24.6 Å². The van der Waals surface area contributed by atoms with Crippen LogP contribution in [0.2, 0.25) is 5.02 Å². The number of hydrogen-bond donors (Lipinski definition) is 2. The van der Waals surface area contributed by atoms with Crippen molar-refractivity contribution < 1.29 is 4.79 Å². The van der Waals surface area contributed by atoms with Gasteiger partial charge in [0, 0.05) is 17.8 Å². The van der Waals surface area contributed by atoms with E-state index < -0.39 is 0 Å². The van der Waals surface area contributed by atoms with Crippen LogP contribution in [0.25, 0.3) is 0 Å². The number of halogens is 1. The van der Waals surface area contributed by atoms with Crippen molar-refractivity contribution in [3.05, 3.63) is 52.5 Å². The van der Waals surface area contributed by atoms with Crippen LogP contribution < -0.4 is 10.6 Å². The molecule has 0 aromatic heterocycles. The predicted octanol–water partition coefficient (Wildman–Crippen LogP) is 5.05. The molecule has 1 amide bonds. The maximum Gasteiger partial charge on any atom is 0.224 e. The molecule has 4 heteroatoms. The number of carbonyl (C=O) groups is 1.